The highest BCUT2D eigenvalue weighted by Crippen LogP contribution is 1.99. The maximum absolute atomic E-state index is 5.45. The Morgan fingerprint density at radius 2 is 2.31 bits per heavy atom. The van der Waals surface area contributed by atoms with Crippen molar-refractivity contribution < 1.29 is 4.74 Å². The predicted molar refractivity (Wildman–Crippen MR) is 65.3 cm³/mol. The molecular weight excluding hydrogens is 202 g/mol. The first-order valence-corrected chi connectivity index (χ1v) is 6.07. The number of rotatable bonds is 8. The number of hydrogen-bond donors (Lipinski definition) is 1. The van der Waals surface area contributed by atoms with Crippen LogP contribution in [0.2, 0.25) is 0 Å². The van der Waals surface area contributed by atoms with Gasteiger partial charge in [0.1, 0.15) is 0 Å². The Morgan fingerprint density at radius 3 is 3.00 bits per heavy atom. The van der Waals surface area contributed by atoms with Gasteiger partial charge in [-0.3, -0.25) is 4.68 Å². The third-order valence-electron chi connectivity index (χ3n) is 2.28. The van der Waals surface area contributed by atoms with Crippen LogP contribution in [0.15, 0.2) is 12.3 Å². The van der Waals surface area contributed by atoms with E-state index in [0.29, 0.717) is 6.10 Å². The van der Waals surface area contributed by atoms with E-state index < -0.39 is 0 Å². The van der Waals surface area contributed by atoms with Crippen LogP contribution in [-0.4, -0.2) is 29.0 Å². The minimum Gasteiger partial charge on any atom is -0.377 e. The summed E-state index contributed by atoms with van der Waals surface area (Å²) in [4.78, 5) is 0. The van der Waals surface area contributed by atoms with Gasteiger partial charge < -0.3 is 10.1 Å². The maximum Gasteiger partial charge on any atom is 0.0594 e. The van der Waals surface area contributed by atoms with Crippen molar-refractivity contribution >= 4 is 0 Å². The van der Waals surface area contributed by atoms with Crippen LogP contribution in [0.1, 0.15) is 32.9 Å². The summed E-state index contributed by atoms with van der Waals surface area (Å²) in [5, 5.41) is 7.63. The highest BCUT2D eigenvalue weighted by Gasteiger charge is 2.00. The van der Waals surface area contributed by atoms with Gasteiger partial charge in [0.25, 0.3) is 0 Å². The van der Waals surface area contributed by atoms with Crippen molar-refractivity contribution in [1.29, 1.82) is 0 Å². The Labute approximate surface area is 98.0 Å². The lowest BCUT2D eigenvalue weighted by Crippen LogP contribution is -2.22. The molecule has 0 aliphatic carbocycles. The Bertz CT molecular complexity index is 284. The van der Waals surface area contributed by atoms with Gasteiger partial charge in [0.15, 0.2) is 0 Å². The van der Waals surface area contributed by atoms with Crippen molar-refractivity contribution in [1.82, 2.24) is 15.1 Å². The van der Waals surface area contributed by atoms with Crippen molar-refractivity contribution in [2.45, 2.75) is 46.4 Å². The molecule has 0 fully saturated rings. The molecule has 1 heterocycles. The minimum atomic E-state index is 0.312. The summed E-state index contributed by atoms with van der Waals surface area (Å²) in [7, 11) is 0. The molecule has 0 aliphatic rings. The van der Waals surface area contributed by atoms with Crippen LogP contribution in [0, 0.1) is 0 Å². The van der Waals surface area contributed by atoms with Gasteiger partial charge in [-0.1, -0.05) is 6.92 Å². The monoisotopic (exact) mass is 225 g/mol. The lowest BCUT2D eigenvalue weighted by Gasteiger charge is -2.09. The van der Waals surface area contributed by atoms with E-state index in [9.17, 15) is 0 Å². The number of aromatic nitrogens is 2. The molecule has 0 bridgehead atoms. The summed E-state index contributed by atoms with van der Waals surface area (Å²) in [6.45, 7) is 9.77. The van der Waals surface area contributed by atoms with E-state index in [0.717, 1.165) is 32.7 Å². The third kappa shape index (κ3) is 4.77. The maximum atomic E-state index is 5.45. The molecule has 0 unspecified atom stereocenters. The average Bonchev–Trinajstić information content (AvgIpc) is 2.65. The van der Waals surface area contributed by atoms with E-state index in [1.165, 1.54) is 5.69 Å². The van der Waals surface area contributed by atoms with Gasteiger partial charge >= 0.3 is 0 Å². The zero-order valence-corrected chi connectivity index (χ0v) is 10.6. The summed E-state index contributed by atoms with van der Waals surface area (Å²) in [5.74, 6) is 0. The van der Waals surface area contributed by atoms with E-state index >= 15 is 0 Å². The van der Waals surface area contributed by atoms with E-state index in [1.807, 2.05) is 6.20 Å². The summed E-state index contributed by atoms with van der Waals surface area (Å²) >= 11 is 0. The highest BCUT2D eigenvalue weighted by atomic mass is 16.5. The van der Waals surface area contributed by atoms with Crippen LogP contribution in [0.25, 0.3) is 0 Å². The molecule has 0 aliphatic heterocycles. The molecular formula is C12H23N3O. The molecule has 92 valence electrons. The van der Waals surface area contributed by atoms with Crippen molar-refractivity contribution in [3.05, 3.63) is 18.0 Å². The van der Waals surface area contributed by atoms with Crippen LogP contribution in [0.4, 0.5) is 0 Å². The summed E-state index contributed by atoms with van der Waals surface area (Å²) in [5.41, 5.74) is 1.24. The molecule has 1 N–H and O–H groups in total. The van der Waals surface area contributed by atoms with Crippen LogP contribution < -0.4 is 5.32 Å². The number of ether oxygens (including phenoxy) is 1. The minimum absolute atomic E-state index is 0.312. The molecule has 0 saturated carbocycles. The fourth-order valence-electron chi connectivity index (χ4n) is 1.51. The molecule has 0 amide bonds. The number of nitrogens with one attached hydrogen (secondary N) is 1. The standard InChI is InChI=1S/C12H23N3O/c1-4-8-15-12(5-6-14-15)10-13-7-9-16-11(2)3/h5-6,11,13H,4,7-10H2,1-3H3. The molecule has 4 nitrogen and oxygen atoms in total. The quantitative estimate of drug-likeness (QED) is 0.686. The van der Waals surface area contributed by atoms with Crippen molar-refractivity contribution in [2.75, 3.05) is 13.2 Å². The highest BCUT2D eigenvalue weighted by molar-refractivity contribution is 4.99. The lowest BCUT2D eigenvalue weighted by molar-refractivity contribution is 0.0806. The second-order valence-electron chi connectivity index (χ2n) is 4.14. The van der Waals surface area contributed by atoms with Gasteiger partial charge in [0.05, 0.1) is 18.4 Å². The van der Waals surface area contributed by atoms with Crippen LogP contribution in [0.5, 0.6) is 0 Å². The zero-order valence-electron chi connectivity index (χ0n) is 10.6. The first kappa shape index (κ1) is 13.2. The molecule has 0 atom stereocenters. The average molecular weight is 225 g/mol. The Morgan fingerprint density at radius 1 is 1.50 bits per heavy atom. The van der Waals surface area contributed by atoms with Crippen molar-refractivity contribution in [2.24, 2.45) is 0 Å². The Hall–Kier alpha value is -0.870. The first-order chi connectivity index (χ1) is 7.74. The van der Waals surface area contributed by atoms with Gasteiger partial charge in [-0.15, -0.1) is 0 Å². The van der Waals surface area contributed by atoms with Crippen LogP contribution in [-0.2, 0) is 17.8 Å². The number of nitrogens with zero attached hydrogens (tertiary/aromatic N) is 2. The zero-order chi connectivity index (χ0) is 11.8. The van der Waals surface area contributed by atoms with E-state index in [4.69, 9.17) is 4.74 Å². The van der Waals surface area contributed by atoms with Gasteiger partial charge in [-0.25, -0.2) is 0 Å². The molecule has 0 radical (unpaired) electrons. The largest absolute Gasteiger partial charge is 0.377 e. The topological polar surface area (TPSA) is 39.1 Å². The fraction of sp³-hybridized carbons (Fsp3) is 0.750. The molecule has 1 aromatic rings. The SMILES string of the molecule is CCCn1nccc1CNCCOC(C)C. The molecule has 4 heteroatoms. The van der Waals surface area contributed by atoms with Gasteiger partial charge in [0.2, 0.25) is 0 Å². The van der Waals surface area contributed by atoms with Crippen LogP contribution >= 0.6 is 0 Å². The second-order valence-corrected chi connectivity index (χ2v) is 4.14. The normalized spacial score (nSPS) is 11.2. The fourth-order valence-corrected chi connectivity index (χ4v) is 1.51. The molecule has 1 aromatic heterocycles. The van der Waals surface area contributed by atoms with E-state index in [-0.39, 0.29) is 0 Å². The van der Waals surface area contributed by atoms with Gasteiger partial charge in [0, 0.05) is 25.8 Å². The molecule has 16 heavy (non-hydrogen) atoms. The molecule has 0 saturated heterocycles. The van der Waals surface area contributed by atoms with Crippen LogP contribution in [0.3, 0.4) is 0 Å². The summed E-state index contributed by atoms with van der Waals surface area (Å²) in [6, 6.07) is 2.06. The van der Waals surface area contributed by atoms with Crippen molar-refractivity contribution in [3.63, 3.8) is 0 Å². The van der Waals surface area contributed by atoms with Gasteiger partial charge in [-0.2, -0.15) is 5.10 Å². The Kier molecular flexibility index (Phi) is 6.11. The second kappa shape index (κ2) is 7.41. The number of aryl methyl sites for hydroxylation is 1. The molecule has 1 rings (SSSR count). The number of hydrogen-bond acceptors (Lipinski definition) is 3. The molecule has 0 aromatic carbocycles. The Balaban J connectivity index is 2.18. The predicted octanol–water partition coefficient (Wildman–Crippen LogP) is 1.81. The van der Waals surface area contributed by atoms with Gasteiger partial charge in [-0.05, 0) is 26.3 Å². The molecule has 0 spiro atoms. The third-order valence-corrected chi connectivity index (χ3v) is 2.28. The van der Waals surface area contributed by atoms with E-state index in [1.54, 1.807) is 0 Å². The summed E-state index contributed by atoms with van der Waals surface area (Å²) in [6.07, 6.45) is 3.29. The van der Waals surface area contributed by atoms with Crippen molar-refractivity contribution in [3.8, 4) is 0 Å². The van der Waals surface area contributed by atoms with E-state index in [2.05, 4.69) is 41.9 Å². The smallest absolute Gasteiger partial charge is 0.0594 e. The summed E-state index contributed by atoms with van der Waals surface area (Å²) < 4.78 is 7.51. The first-order valence-electron chi connectivity index (χ1n) is 6.07. The lowest BCUT2D eigenvalue weighted by atomic mass is 10.4.